The predicted molar refractivity (Wildman–Crippen MR) is 61.9 cm³/mol. The number of fused-ring (bicyclic) bond motifs is 1. The molecule has 1 aromatic heterocycles. The molecule has 2 saturated carbocycles. The zero-order valence-corrected chi connectivity index (χ0v) is 9.53. The summed E-state index contributed by atoms with van der Waals surface area (Å²) in [6.45, 7) is 0. The first-order chi connectivity index (χ1) is 7.36. The predicted octanol–water partition coefficient (Wildman–Crippen LogP) is 3.28. The van der Waals surface area contributed by atoms with Crippen molar-refractivity contribution in [2.24, 2.45) is 17.8 Å². The third-order valence-corrected chi connectivity index (χ3v) is 4.52. The molecule has 0 saturated heterocycles. The minimum absolute atomic E-state index is 0.350. The Balaban J connectivity index is 1.60. The number of nitrogens with zero attached hydrogens (tertiary/aromatic N) is 1. The van der Waals surface area contributed by atoms with Crippen molar-refractivity contribution in [3.8, 4) is 0 Å². The van der Waals surface area contributed by atoms with Gasteiger partial charge in [-0.2, -0.15) is 0 Å². The van der Waals surface area contributed by atoms with E-state index >= 15 is 0 Å². The van der Waals surface area contributed by atoms with Crippen LogP contribution in [0.4, 0.5) is 0 Å². The van der Waals surface area contributed by atoms with Crippen molar-refractivity contribution in [3.05, 3.63) is 30.1 Å². The second-order valence-electron chi connectivity index (χ2n) is 4.91. The van der Waals surface area contributed by atoms with Crippen LogP contribution in [-0.4, -0.2) is 10.4 Å². The van der Waals surface area contributed by atoms with Crippen LogP contribution in [0.3, 0.4) is 0 Å². The van der Waals surface area contributed by atoms with Crippen LogP contribution in [-0.2, 0) is 6.42 Å². The summed E-state index contributed by atoms with van der Waals surface area (Å²) in [5.74, 6) is 2.75. The number of pyridine rings is 1. The van der Waals surface area contributed by atoms with Crippen LogP contribution >= 0.6 is 11.6 Å². The van der Waals surface area contributed by atoms with E-state index in [-0.39, 0.29) is 0 Å². The van der Waals surface area contributed by atoms with Crippen LogP contribution in [0.5, 0.6) is 0 Å². The van der Waals surface area contributed by atoms with Gasteiger partial charge in [0.25, 0.3) is 0 Å². The third-order valence-electron chi connectivity index (χ3n) is 4.07. The van der Waals surface area contributed by atoms with Crippen LogP contribution in [0, 0.1) is 17.8 Å². The van der Waals surface area contributed by atoms with E-state index < -0.39 is 0 Å². The Hall–Kier alpha value is -0.560. The fourth-order valence-corrected chi connectivity index (χ4v) is 3.85. The summed E-state index contributed by atoms with van der Waals surface area (Å²) in [6, 6.07) is 4.15. The Morgan fingerprint density at radius 3 is 2.60 bits per heavy atom. The molecule has 1 aromatic rings. The lowest BCUT2D eigenvalue weighted by molar-refractivity contribution is 0.559. The van der Waals surface area contributed by atoms with Crippen molar-refractivity contribution in [1.82, 2.24) is 4.98 Å². The molecule has 0 aromatic carbocycles. The van der Waals surface area contributed by atoms with Crippen molar-refractivity contribution >= 4 is 11.6 Å². The lowest BCUT2D eigenvalue weighted by Gasteiger charge is -2.11. The summed E-state index contributed by atoms with van der Waals surface area (Å²) in [7, 11) is 0. The van der Waals surface area contributed by atoms with Gasteiger partial charge in [0.05, 0.1) is 0 Å². The molecule has 3 atom stereocenters. The minimum atomic E-state index is 0.350. The molecule has 2 aliphatic carbocycles. The SMILES string of the molecule is ClC(Cc1ccncc1)C1C2CCCC21. The number of alkyl halides is 1. The van der Waals surface area contributed by atoms with Crippen LogP contribution < -0.4 is 0 Å². The Bertz CT molecular complexity index is 328. The van der Waals surface area contributed by atoms with Gasteiger partial charge in [0.15, 0.2) is 0 Å². The lowest BCUT2D eigenvalue weighted by Crippen LogP contribution is -2.09. The van der Waals surface area contributed by atoms with Crippen molar-refractivity contribution in [2.45, 2.75) is 31.1 Å². The maximum absolute atomic E-state index is 6.49. The van der Waals surface area contributed by atoms with Gasteiger partial charge < -0.3 is 0 Å². The Morgan fingerprint density at radius 2 is 1.93 bits per heavy atom. The zero-order chi connectivity index (χ0) is 10.3. The van der Waals surface area contributed by atoms with Gasteiger partial charge >= 0.3 is 0 Å². The quantitative estimate of drug-likeness (QED) is 0.714. The molecule has 1 heterocycles. The summed E-state index contributed by atoms with van der Waals surface area (Å²) in [5, 5.41) is 0.350. The molecular formula is C13H16ClN. The van der Waals surface area contributed by atoms with Gasteiger partial charge in [-0.15, -0.1) is 11.6 Å². The van der Waals surface area contributed by atoms with Crippen LogP contribution in [0.15, 0.2) is 24.5 Å². The summed E-state index contributed by atoms with van der Waals surface area (Å²) in [4.78, 5) is 4.03. The third kappa shape index (κ3) is 1.78. The monoisotopic (exact) mass is 221 g/mol. The number of hydrogen-bond acceptors (Lipinski definition) is 1. The van der Waals surface area contributed by atoms with E-state index in [9.17, 15) is 0 Å². The van der Waals surface area contributed by atoms with E-state index in [1.807, 2.05) is 12.4 Å². The summed E-state index contributed by atoms with van der Waals surface area (Å²) >= 11 is 6.49. The molecule has 0 spiro atoms. The number of aromatic nitrogens is 1. The van der Waals surface area contributed by atoms with E-state index in [1.165, 1.54) is 24.8 Å². The molecular weight excluding hydrogens is 206 g/mol. The van der Waals surface area contributed by atoms with Gasteiger partial charge in [-0.05, 0) is 54.7 Å². The average molecular weight is 222 g/mol. The molecule has 15 heavy (non-hydrogen) atoms. The van der Waals surface area contributed by atoms with E-state index in [0.29, 0.717) is 5.38 Å². The van der Waals surface area contributed by atoms with Crippen LogP contribution in [0.25, 0.3) is 0 Å². The molecule has 3 rings (SSSR count). The first-order valence-electron chi connectivity index (χ1n) is 5.89. The average Bonchev–Trinajstić information content (AvgIpc) is 2.75. The minimum Gasteiger partial charge on any atom is -0.265 e. The Kier molecular flexibility index (Phi) is 2.44. The number of halogens is 1. The van der Waals surface area contributed by atoms with E-state index in [2.05, 4.69) is 17.1 Å². The molecule has 80 valence electrons. The molecule has 2 heteroatoms. The Morgan fingerprint density at radius 1 is 1.27 bits per heavy atom. The van der Waals surface area contributed by atoms with Crippen molar-refractivity contribution in [1.29, 1.82) is 0 Å². The maximum Gasteiger partial charge on any atom is 0.0410 e. The molecule has 0 aliphatic heterocycles. The van der Waals surface area contributed by atoms with E-state index in [1.54, 1.807) is 0 Å². The highest BCUT2D eigenvalue weighted by Crippen LogP contribution is 2.60. The standard InChI is InChI=1S/C13H16ClN/c14-12(8-9-4-6-15-7-5-9)13-10-2-1-3-11(10)13/h4-7,10-13H,1-3,8H2. The van der Waals surface area contributed by atoms with Gasteiger partial charge in [-0.25, -0.2) is 0 Å². The normalized spacial score (nSPS) is 34.9. The highest BCUT2D eigenvalue weighted by molar-refractivity contribution is 6.21. The van der Waals surface area contributed by atoms with Gasteiger partial charge in [0.1, 0.15) is 0 Å². The molecule has 2 aliphatic rings. The molecule has 0 radical (unpaired) electrons. The van der Waals surface area contributed by atoms with Crippen molar-refractivity contribution in [3.63, 3.8) is 0 Å². The fourth-order valence-electron chi connectivity index (χ4n) is 3.29. The second kappa shape index (κ2) is 3.79. The smallest absolute Gasteiger partial charge is 0.0410 e. The highest BCUT2D eigenvalue weighted by Gasteiger charge is 2.55. The molecule has 1 nitrogen and oxygen atoms in total. The number of rotatable bonds is 3. The molecule has 3 unspecified atom stereocenters. The largest absolute Gasteiger partial charge is 0.265 e. The van der Waals surface area contributed by atoms with Gasteiger partial charge in [-0.3, -0.25) is 4.98 Å². The zero-order valence-electron chi connectivity index (χ0n) is 8.77. The lowest BCUT2D eigenvalue weighted by atomic mass is 10.0. The number of hydrogen-bond donors (Lipinski definition) is 0. The topological polar surface area (TPSA) is 12.9 Å². The van der Waals surface area contributed by atoms with Gasteiger partial charge in [0.2, 0.25) is 0 Å². The van der Waals surface area contributed by atoms with Crippen LogP contribution in [0.2, 0.25) is 0 Å². The first kappa shape index (κ1) is 9.65. The Labute approximate surface area is 95.9 Å². The van der Waals surface area contributed by atoms with E-state index in [4.69, 9.17) is 11.6 Å². The first-order valence-corrected chi connectivity index (χ1v) is 6.33. The van der Waals surface area contributed by atoms with Crippen LogP contribution in [0.1, 0.15) is 24.8 Å². The van der Waals surface area contributed by atoms with E-state index in [0.717, 1.165) is 24.2 Å². The maximum atomic E-state index is 6.49. The molecule has 0 bridgehead atoms. The van der Waals surface area contributed by atoms with Crippen molar-refractivity contribution in [2.75, 3.05) is 0 Å². The molecule has 2 fully saturated rings. The second-order valence-corrected chi connectivity index (χ2v) is 5.47. The summed E-state index contributed by atoms with van der Waals surface area (Å²) in [6.07, 6.45) is 9.01. The van der Waals surface area contributed by atoms with Gasteiger partial charge in [-0.1, -0.05) is 6.42 Å². The summed E-state index contributed by atoms with van der Waals surface area (Å²) < 4.78 is 0. The van der Waals surface area contributed by atoms with Gasteiger partial charge in [0, 0.05) is 17.8 Å². The summed E-state index contributed by atoms with van der Waals surface area (Å²) in [5.41, 5.74) is 1.33. The van der Waals surface area contributed by atoms with Crippen molar-refractivity contribution < 1.29 is 0 Å². The fraction of sp³-hybridized carbons (Fsp3) is 0.615. The highest BCUT2D eigenvalue weighted by atomic mass is 35.5. The molecule has 0 N–H and O–H groups in total. The molecule has 0 amide bonds.